The molecule has 1 aliphatic carbocycles. The third-order valence-electron chi connectivity index (χ3n) is 3.96. The second kappa shape index (κ2) is 3.84. The molecule has 100 valence electrons. The lowest BCUT2D eigenvalue weighted by atomic mass is 9.88. The highest BCUT2D eigenvalue weighted by Gasteiger charge is 2.51. The van der Waals surface area contributed by atoms with Crippen molar-refractivity contribution < 1.29 is 5.11 Å². The minimum atomic E-state index is -0.483. The van der Waals surface area contributed by atoms with Crippen molar-refractivity contribution in [2.45, 2.75) is 25.0 Å². The number of aromatic nitrogens is 3. The lowest BCUT2D eigenvalue weighted by Gasteiger charge is -2.46. The molecule has 7 heteroatoms. The zero-order valence-corrected chi connectivity index (χ0v) is 11.1. The van der Waals surface area contributed by atoms with Gasteiger partial charge in [-0.25, -0.2) is 4.98 Å². The molecule has 1 saturated heterocycles. The van der Waals surface area contributed by atoms with E-state index in [-0.39, 0.29) is 5.56 Å². The Morgan fingerprint density at radius 2 is 2.26 bits per heavy atom. The Kier molecular flexibility index (Phi) is 2.33. The van der Waals surface area contributed by atoms with Crippen molar-refractivity contribution in [2.24, 2.45) is 5.92 Å². The average molecular weight is 278 g/mol. The summed E-state index contributed by atoms with van der Waals surface area (Å²) in [6.45, 7) is 2.02. The van der Waals surface area contributed by atoms with Crippen LogP contribution >= 0.6 is 11.3 Å². The van der Waals surface area contributed by atoms with Crippen molar-refractivity contribution in [1.29, 1.82) is 0 Å². The Morgan fingerprint density at radius 1 is 1.47 bits per heavy atom. The minimum absolute atomic E-state index is 0.140. The van der Waals surface area contributed by atoms with Gasteiger partial charge in [0.15, 0.2) is 0 Å². The highest BCUT2D eigenvalue weighted by Crippen LogP contribution is 2.44. The third-order valence-corrected chi connectivity index (χ3v) is 4.63. The summed E-state index contributed by atoms with van der Waals surface area (Å²) in [6.07, 6.45) is 2.30. The molecular weight excluding hydrogens is 264 g/mol. The van der Waals surface area contributed by atoms with Crippen LogP contribution in [0, 0.1) is 5.92 Å². The van der Waals surface area contributed by atoms with Crippen LogP contribution in [0.4, 0.5) is 0 Å². The molecule has 1 aliphatic heterocycles. The maximum absolute atomic E-state index is 11.8. The van der Waals surface area contributed by atoms with E-state index in [0.29, 0.717) is 30.5 Å². The van der Waals surface area contributed by atoms with E-state index >= 15 is 0 Å². The van der Waals surface area contributed by atoms with Gasteiger partial charge in [0.25, 0.3) is 5.56 Å². The highest BCUT2D eigenvalue weighted by atomic mass is 32.1. The van der Waals surface area contributed by atoms with Gasteiger partial charge in [0.1, 0.15) is 5.51 Å². The quantitative estimate of drug-likeness (QED) is 0.863. The molecule has 0 atom stereocenters. The number of β-amino-alcohol motifs (C(OH)–C–C–N with tert-alkyl or cyclic N) is 1. The average Bonchev–Trinajstić information content (AvgIpc) is 3.07. The number of nitrogens with zero attached hydrogens (tertiary/aromatic N) is 4. The summed E-state index contributed by atoms with van der Waals surface area (Å²) in [6, 6.07) is 1.53. The smallest absolute Gasteiger partial charge is 0.275 e. The van der Waals surface area contributed by atoms with Crippen molar-refractivity contribution >= 4 is 16.3 Å². The molecule has 1 saturated carbocycles. The fourth-order valence-corrected chi connectivity index (χ4v) is 3.47. The zero-order chi connectivity index (χ0) is 13.0. The third kappa shape index (κ3) is 1.89. The van der Waals surface area contributed by atoms with E-state index in [9.17, 15) is 9.90 Å². The summed E-state index contributed by atoms with van der Waals surface area (Å²) in [5, 5.41) is 14.2. The van der Waals surface area contributed by atoms with Gasteiger partial charge in [-0.2, -0.15) is 9.61 Å². The predicted octanol–water partition coefficient (Wildman–Crippen LogP) is 0.108. The first-order chi connectivity index (χ1) is 9.14. The second-order valence-corrected chi connectivity index (χ2v) is 6.35. The first-order valence-electron chi connectivity index (χ1n) is 6.41. The molecule has 6 nitrogen and oxygen atoms in total. The number of likely N-dealkylation sites (tertiary alicyclic amines) is 1. The largest absolute Gasteiger partial charge is 0.387 e. The summed E-state index contributed by atoms with van der Waals surface area (Å²) in [5.41, 5.74) is 1.75. The van der Waals surface area contributed by atoms with Gasteiger partial charge >= 0.3 is 0 Å². The van der Waals surface area contributed by atoms with Crippen LogP contribution in [-0.4, -0.2) is 43.3 Å². The molecule has 19 heavy (non-hydrogen) atoms. The van der Waals surface area contributed by atoms with Crippen LogP contribution in [0.15, 0.2) is 16.4 Å². The van der Waals surface area contributed by atoms with Crippen LogP contribution in [0.5, 0.6) is 0 Å². The number of hydrogen-bond acceptors (Lipinski definition) is 6. The molecule has 0 aromatic carbocycles. The van der Waals surface area contributed by atoms with Gasteiger partial charge in [-0.05, 0) is 18.8 Å². The second-order valence-electron chi connectivity index (χ2n) is 5.54. The lowest BCUT2D eigenvalue weighted by Crippen LogP contribution is -2.62. The summed E-state index contributed by atoms with van der Waals surface area (Å²) < 4.78 is 1.31. The maximum atomic E-state index is 11.8. The fourth-order valence-electron chi connectivity index (χ4n) is 2.83. The fraction of sp³-hybridized carbons (Fsp3) is 0.583. The van der Waals surface area contributed by atoms with Crippen LogP contribution in [0.3, 0.4) is 0 Å². The van der Waals surface area contributed by atoms with Crippen molar-refractivity contribution in [2.75, 3.05) is 13.1 Å². The number of rotatable bonds is 3. The van der Waals surface area contributed by atoms with Gasteiger partial charge in [-0.1, -0.05) is 11.3 Å². The molecule has 1 N–H and O–H groups in total. The van der Waals surface area contributed by atoms with Gasteiger partial charge in [0, 0.05) is 25.7 Å². The van der Waals surface area contributed by atoms with Gasteiger partial charge in [0.2, 0.25) is 4.96 Å². The van der Waals surface area contributed by atoms with Gasteiger partial charge in [0.05, 0.1) is 11.3 Å². The molecule has 0 bridgehead atoms. The van der Waals surface area contributed by atoms with Gasteiger partial charge in [-0.3, -0.25) is 9.69 Å². The normalized spacial score (nSPS) is 22.6. The summed E-state index contributed by atoms with van der Waals surface area (Å²) in [5.74, 6) is 0.492. The van der Waals surface area contributed by atoms with E-state index in [1.165, 1.54) is 21.9 Å². The van der Waals surface area contributed by atoms with Gasteiger partial charge < -0.3 is 5.11 Å². The Balaban J connectivity index is 1.51. The summed E-state index contributed by atoms with van der Waals surface area (Å²) in [4.78, 5) is 19.0. The van der Waals surface area contributed by atoms with E-state index in [1.54, 1.807) is 5.51 Å². The lowest BCUT2D eigenvalue weighted by molar-refractivity contribution is -0.117. The maximum Gasteiger partial charge on any atom is 0.275 e. The molecular formula is C12H14N4O2S. The Morgan fingerprint density at radius 3 is 3.00 bits per heavy atom. The van der Waals surface area contributed by atoms with Crippen LogP contribution in [-0.2, 0) is 6.54 Å². The highest BCUT2D eigenvalue weighted by molar-refractivity contribution is 7.14. The van der Waals surface area contributed by atoms with Gasteiger partial charge in [-0.15, -0.1) is 0 Å². The standard InChI is InChI=1S/C12H14N4O2S/c17-10-3-9(14-11-16(10)13-7-19-11)4-15-5-12(18,6-15)8-1-2-8/h3,7-8,18H,1-2,4-6H2. The minimum Gasteiger partial charge on any atom is -0.387 e. The molecule has 0 unspecified atom stereocenters. The number of hydrogen-bond donors (Lipinski definition) is 1. The first-order valence-corrected chi connectivity index (χ1v) is 7.29. The molecule has 0 radical (unpaired) electrons. The summed E-state index contributed by atoms with van der Waals surface area (Å²) >= 11 is 1.36. The molecule has 2 aliphatic rings. The van der Waals surface area contributed by atoms with Crippen LogP contribution in [0.2, 0.25) is 0 Å². The van der Waals surface area contributed by atoms with Crippen molar-refractivity contribution in [3.63, 3.8) is 0 Å². The van der Waals surface area contributed by atoms with E-state index in [4.69, 9.17) is 0 Å². The topological polar surface area (TPSA) is 70.7 Å². The predicted molar refractivity (Wildman–Crippen MR) is 70.1 cm³/mol. The SMILES string of the molecule is O=c1cc(CN2CC(O)(C3CC3)C2)nc2scnn12. The van der Waals surface area contributed by atoms with E-state index < -0.39 is 5.60 Å². The van der Waals surface area contributed by atoms with Crippen LogP contribution in [0.25, 0.3) is 4.96 Å². The molecule has 0 amide bonds. The Hall–Kier alpha value is -1.31. The first kappa shape index (κ1) is 11.5. The molecule has 4 rings (SSSR count). The zero-order valence-electron chi connectivity index (χ0n) is 10.3. The van der Waals surface area contributed by atoms with E-state index in [0.717, 1.165) is 18.5 Å². The van der Waals surface area contributed by atoms with Crippen molar-refractivity contribution in [3.8, 4) is 0 Å². The van der Waals surface area contributed by atoms with Crippen molar-refractivity contribution in [1.82, 2.24) is 19.5 Å². The van der Waals surface area contributed by atoms with Crippen LogP contribution < -0.4 is 5.56 Å². The van der Waals surface area contributed by atoms with E-state index in [2.05, 4.69) is 15.0 Å². The molecule has 3 heterocycles. The summed E-state index contributed by atoms with van der Waals surface area (Å²) in [7, 11) is 0. The van der Waals surface area contributed by atoms with Crippen LogP contribution in [0.1, 0.15) is 18.5 Å². The molecule has 2 aromatic rings. The Labute approximate surface area is 113 Å². The van der Waals surface area contributed by atoms with Crippen molar-refractivity contribution in [3.05, 3.63) is 27.6 Å². The Bertz CT molecular complexity index is 684. The molecule has 2 aromatic heterocycles. The monoisotopic (exact) mass is 278 g/mol. The molecule has 2 fully saturated rings. The number of fused-ring (bicyclic) bond motifs is 1. The number of aliphatic hydroxyl groups is 1. The van der Waals surface area contributed by atoms with E-state index in [1.807, 2.05) is 0 Å². The molecule has 0 spiro atoms.